The molecule has 0 saturated carbocycles. The number of carbonyl (C=O) groups is 1. The van der Waals surface area contributed by atoms with Gasteiger partial charge >= 0.3 is 0 Å². The Morgan fingerprint density at radius 1 is 0.846 bits per heavy atom. The number of carbonyl (C=O) groups excluding carboxylic acids is 1. The van der Waals surface area contributed by atoms with E-state index < -0.39 is 8.45 Å². The minimum Gasteiger partial charge on any atom is -0.378 e. The van der Waals surface area contributed by atoms with Crippen molar-refractivity contribution in [2.75, 3.05) is 25.6 Å². The molecule has 26 heavy (non-hydrogen) atoms. The van der Waals surface area contributed by atoms with Gasteiger partial charge in [-0.05, 0) is 55.4 Å². The summed E-state index contributed by atoms with van der Waals surface area (Å²) in [4.78, 5) is 11.3. The van der Waals surface area contributed by atoms with Crippen LogP contribution in [0.15, 0.2) is 0 Å². The third-order valence-electron chi connectivity index (χ3n) is 3.73. The van der Waals surface area contributed by atoms with E-state index >= 15 is 0 Å². The minimum atomic E-state index is -0.855. The van der Waals surface area contributed by atoms with Crippen LogP contribution in [0, 0.1) is 0 Å². The lowest BCUT2D eigenvalue weighted by molar-refractivity contribution is -0.110. The van der Waals surface area contributed by atoms with E-state index in [1.807, 2.05) is 6.92 Å². The first-order valence-electron chi connectivity index (χ1n) is 9.86. The second-order valence-corrected chi connectivity index (χ2v) is 10.2. The highest BCUT2D eigenvalue weighted by molar-refractivity contribution is 8.13. The van der Waals surface area contributed by atoms with Gasteiger partial charge in [-0.25, -0.2) is 9.34 Å². The maximum atomic E-state index is 11.3. The van der Waals surface area contributed by atoms with Crippen LogP contribution in [0.3, 0.4) is 0 Å². The van der Waals surface area contributed by atoms with E-state index in [2.05, 4.69) is 64.7 Å². The summed E-state index contributed by atoms with van der Waals surface area (Å²) in [6.45, 7) is 21.5. The second-order valence-electron chi connectivity index (χ2n) is 7.41. The van der Waals surface area contributed by atoms with E-state index in [0.29, 0.717) is 50.4 Å². The van der Waals surface area contributed by atoms with Crippen molar-refractivity contribution in [2.24, 2.45) is 0 Å². The van der Waals surface area contributed by atoms with Crippen molar-refractivity contribution in [3.05, 3.63) is 0 Å². The first kappa shape index (κ1) is 26.3. The predicted molar refractivity (Wildman–Crippen MR) is 116 cm³/mol. The minimum absolute atomic E-state index is 0.224. The van der Waals surface area contributed by atoms with Crippen molar-refractivity contribution in [3.63, 3.8) is 0 Å². The molecular weight excluding hydrogens is 367 g/mol. The highest BCUT2D eigenvalue weighted by Gasteiger charge is 2.34. The number of hydrogen-bond acceptors (Lipinski definition) is 6. The Labute approximate surface area is 167 Å². The summed E-state index contributed by atoms with van der Waals surface area (Å²) >= 11 is 1.35. The van der Waals surface area contributed by atoms with Gasteiger partial charge in [0, 0.05) is 36.3 Å². The van der Waals surface area contributed by atoms with Gasteiger partial charge in [0.1, 0.15) is 0 Å². The van der Waals surface area contributed by atoms with Gasteiger partial charge in [-0.15, -0.1) is 0 Å². The maximum Gasteiger partial charge on any atom is 0.189 e. The molecule has 0 aliphatic heterocycles. The molecule has 0 saturated heterocycles. The number of rotatable bonds is 14. The van der Waals surface area contributed by atoms with Crippen molar-refractivity contribution in [2.45, 2.75) is 92.9 Å². The molecule has 0 aromatic carbocycles. The quantitative estimate of drug-likeness (QED) is 0.292. The molecule has 0 radical (unpaired) electrons. The van der Waals surface area contributed by atoms with Gasteiger partial charge < -0.3 is 9.26 Å². The lowest BCUT2D eigenvalue weighted by Gasteiger charge is -2.45. The molecular formula is C19H41N2O3PS. The third-order valence-corrected chi connectivity index (χ3v) is 7.76. The molecule has 7 heteroatoms. The summed E-state index contributed by atoms with van der Waals surface area (Å²) in [5.41, 5.74) is 0. The van der Waals surface area contributed by atoms with Crippen LogP contribution in [0.5, 0.6) is 0 Å². The molecule has 0 bridgehead atoms. The van der Waals surface area contributed by atoms with Crippen LogP contribution in [0.1, 0.15) is 68.7 Å². The lowest BCUT2D eigenvalue weighted by atomic mass is 10.3. The normalized spacial score (nSPS) is 12.8. The monoisotopic (exact) mass is 408 g/mol. The van der Waals surface area contributed by atoms with Crippen molar-refractivity contribution in [1.29, 1.82) is 0 Å². The molecule has 0 heterocycles. The molecule has 0 aromatic rings. The van der Waals surface area contributed by atoms with E-state index in [-0.39, 0.29) is 5.12 Å². The van der Waals surface area contributed by atoms with Crippen LogP contribution >= 0.6 is 20.2 Å². The van der Waals surface area contributed by atoms with Crippen LogP contribution in [0.25, 0.3) is 0 Å². The summed E-state index contributed by atoms with van der Waals surface area (Å²) in [6.07, 6.45) is 0.582. The third kappa shape index (κ3) is 10.0. The summed E-state index contributed by atoms with van der Waals surface area (Å²) in [5.74, 6) is 0.718. The van der Waals surface area contributed by atoms with E-state index in [1.165, 1.54) is 11.8 Å². The summed E-state index contributed by atoms with van der Waals surface area (Å²) in [7, 11) is -0.855. The highest BCUT2D eigenvalue weighted by Crippen LogP contribution is 2.50. The summed E-state index contributed by atoms with van der Waals surface area (Å²) < 4.78 is 17.0. The molecule has 0 unspecified atom stereocenters. The fourth-order valence-electron chi connectivity index (χ4n) is 2.83. The van der Waals surface area contributed by atoms with E-state index in [9.17, 15) is 4.79 Å². The summed E-state index contributed by atoms with van der Waals surface area (Å²) in [5, 5.41) is 0.224. The number of nitrogens with zero attached hydrogens (tertiary/aromatic N) is 2. The SMILES string of the molecule is CCC(=O)SCCOCCOP(N(C(C)C)C(C)C)N(C(C)C)C(C)C. The zero-order valence-electron chi connectivity index (χ0n) is 18.3. The first-order valence-corrected chi connectivity index (χ1v) is 12.0. The van der Waals surface area contributed by atoms with Crippen molar-refractivity contribution >= 4 is 25.3 Å². The second kappa shape index (κ2) is 14.3. The van der Waals surface area contributed by atoms with Crippen LogP contribution < -0.4 is 0 Å². The molecule has 0 aromatic heterocycles. The average molecular weight is 409 g/mol. The van der Waals surface area contributed by atoms with E-state index in [0.717, 1.165) is 5.75 Å². The molecule has 0 spiro atoms. The number of hydrogen-bond donors (Lipinski definition) is 0. The van der Waals surface area contributed by atoms with Gasteiger partial charge in [-0.1, -0.05) is 18.7 Å². The molecule has 0 atom stereocenters. The molecule has 0 N–H and O–H groups in total. The van der Waals surface area contributed by atoms with Gasteiger partial charge in [0.15, 0.2) is 13.6 Å². The zero-order valence-corrected chi connectivity index (χ0v) is 20.0. The van der Waals surface area contributed by atoms with Gasteiger partial charge in [0.2, 0.25) is 0 Å². The van der Waals surface area contributed by atoms with Crippen LogP contribution in [0.4, 0.5) is 0 Å². The maximum absolute atomic E-state index is 11.3. The van der Waals surface area contributed by atoms with Gasteiger partial charge in [-0.2, -0.15) is 0 Å². The first-order chi connectivity index (χ1) is 12.1. The summed E-state index contributed by atoms with van der Waals surface area (Å²) in [6, 6.07) is 1.66. The molecule has 0 aliphatic rings. The molecule has 0 aliphatic carbocycles. The highest BCUT2D eigenvalue weighted by atomic mass is 32.2. The largest absolute Gasteiger partial charge is 0.378 e. The molecule has 5 nitrogen and oxygen atoms in total. The van der Waals surface area contributed by atoms with Crippen LogP contribution in [0.2, 0.25) is 0 Å². The van der Waals surface area contributed by atoms with Gasteiger partial charge in [0.05, 0.1) is 19.8 Å². The fourth-order valence-corrected chi connectivity index (χ4v) is 5.79. The van der Waals surface area contributed by atoms with E-state index in [1.54, 1.807) is 0 Å². The van der Waals surface area contributed by atoms with Crippen molar-refractivity contribution < 1.29 is 14.1 Å². The number of thioether (sulfide) groups is 1. The smallest absolute Gasteiger partial charge is 0.189 e. The van der Waals surface area contributed by atoms with Crippen LogP contribution in [-0.4, -0.2) is 64.2 Å². The predicted octanol–water partition coefficient (Wildman–Crippen LogP) is 5.15. The zero-order chi connectivity index (χ0) is 20.3. The van der Waals surface area contributed by atoms with Gasteiger partial charge in [-0.3, -0.25) is 4.79 Å². The van der Waals surface area contributed by atoms with Crippen molar-refractivity contribution in [3.8, 4) is 0 Å². The fraction of sp³-hybridized carbons (Fsp3) is 0.947. The van der Waals surface area contributed by atoms with Gasteiger partial charge in [0.25, 0.3) is 0 Å². The topological polar surface area (TPSA) is 42.0 Å². The molecule has 0 amide bonds. The number of ether oxygens (including phenoxy) is 1. The Morgan fingerprint density at radius 3 is 1.69 bits per heavy atom. The standard InChI is InChI=1S/C19H41N2O3PS/c1-10-19(22)26-14-13-23-11-12-24-25(20(15(2)3)16(4)5)21(17(6)7)18(8)9/h15-18H,10-14H2,1-9H3. The lowest BCUT2D eigenvalue weighted by Crippen LogP contribution is -2.43. The molecule has 0 fully saturated rings. The average Bonchev–Trinajstić information content (AvgIpc) is 2.51. The molecule has 156 valence electrons. The van der Waals surface area contributed by atoms with Crippen LogP contribution in [-0.2, 0) is 14.1 Å². The Balaban J connectivity index is 4.70. The van der Waals surface area contributed by atoms with Crippen molar-refractivity contribution in [1.82, 2.24) is 9.34 Å². The van der Waals surface area contributed by atoms with E-state index in [4.69, 9.17) is 9.26 Å². The Morgan fingerprint density at radius 2 is 1.31 bits per heavy atom. The Hall–Kier alpha value is 0.290. The Bertz CT molecular complexity index is 346. The molecule has 0 rings (SSSR count). The Kier molecular flexibility index (Phi) is 14.5.